The molecule has 6 nitrogen and oxygen atoms in total. The van der Waals surface area contributed by atoms with Crippen LogP contribution in [-0.2, 0) is 14.9 Å². The van der Waals surface area contributed by atoms with E-state index in [0.29, 0.717) is 18.7 Å². The van der Waals surface area contributed by atoms with Gasteiger partial charge in [0.25, 0.3) is 15.9 Å². The third-order valence-corrected chi connectivity index (χ3v) is 4.82. The molecular formula is C15H22N2O4S. The fourth-order valence-corrected chi connectivity index (χ4v) is 2.82. The minimum Gasteiger partial charge on any atom is -0.335 e. The maximum Gasteiger partial charge on any atom is 0.264 e. The monoisotopic (exact) mass is 326 g/mol. The SMILES string of the molecule is C=C(C)CN(CC)C(=O)c1ccc(S(=O)(=O)N(C)OC)cc1. The van der Waals surface area contributed by atoms with Gasteiger partial charge in [0.15, 0.2) is 0 Å². The molecular weight excluding hydrogens is 304 g/mol. The average molecular weight is 326 g/mol. The number of benzene rings is 1. The first kappa shape index (κ1) is 18.3. The predicted molar refractivity (Wildman–Crippen MR) is 84.8 cm³/mol. The van der Waals surface area contributed by atoms with Gasteiger partial charge in [-0.05, 0) is 38.1 Å². The van der Waals surface area contributed by atoms with Crippen LogP contribution < -0.4 is 0 Å². The molecule has 7 heteroatoms. The molecule has 0 atom stereocenters. The number of nitrogens with zero attached hydrogens (tertiary/aromatic N) is 2. The molecule has 22 heavy (non-hydrogen) atoms. The fraction of sp³-hybridized carbons (Fsp3) is 0.400. The molecule has 0 radical (unpaired) electrons. The van der Waals surface area contributed by atoms with E-state index in [1.807, 2.05) is 13.8 Å². The van der Waals surface area contributed by atoms with Gasteiger partial charge in [-0.1, -0.05) is 16.6 Å². The molecule has 0 saturated heterocycles. The molecule has 1 aromatic rings. The van der Waals surface area contributed by atoms with Crippen LogP contribution in [0, 0.1) is 0 Å². The van der Waals surface area contributed by atoms with Crippen LogP contribution in [0.25, 0.3) is 0 Å². The van der Waals surface area contributed by atoms with Gasteiger partial charge in [0.1, 0.15) is 0 Å². The lowest BCUT2D eigenvalue weighted by Gasteiger charge is -2.21. The van der Waals surface area contributed by atoms with Crippen molar-refractivity contribution < 1.29 is 18.0 Å². The van der Waals surface area contributed by atoms with Gasteiger partial charge < -0.3 is 4.90 Å². The largest absolute Gasteiger partial charge is 0.335 e. The zero-order valence-electron chi connectivity index (χ0n) is 13.4. The van der Waals surface area contributed by atoms with Crippen molar-refractivity contribution in [2.75, 3.05) is 27.2 Å². The second-order valence-electron chi connectivity index (χ2n) is 4.90. The summed E-state index contributed by atoms with van der Waals surface area (Å²) in [6.45, 7) is 8.56. The van der Waals surface area contributed by atoms with Crippen LogP contribution in [0.4, 0.5) is 0 Å². The summed E-state index contributed by atoms with van der Waals surface area (Å²) in [5.41, 5.74) is 1.32. The second-order valence-corrected chi connectivity index (χ2v) is 6.83. The highest BCUT2D eigenvalue weighted by Gasteiger charge is 2.21. The lowest BCUT2D eigenvalue weighted by molar-refractivity contribution is -0.0258. The van der Waals surface area contributed by atoms with Gasteiger partial charge in [-0.3, -0.25) is 9.63 Å². The quantitative estimate of drug-likeness (QED) is 0.567. The van der Waals surface area contributed by atoms with E-state index in [1.54, 1.807) is 4.90 Å². The van der Waals surface area contributed by atoms with Crippen molar-refractivity contribution in [3.63, 3.8) is 0 Å². The maximum atomic E-state index is 12.4. The van der Waals surface area contributed by atoms with Crippen LogP contribution in [0.3, 0.4) is 0 Å². The van der Waals surface area contributed by atoms with Crippen LogP contribution in [0.2, 0.25) is 0 Å². The molecule has 122 valence electrons. The smallest absolute Gasteiger partial charge is 0.264 e. The summed E-state index contributed by atoms with van der Waals surface area (Å²) in [7, 11) is -1.13. The van der Waals surface area contributed by atoms with Crippen LogP contribution in [0.1, 0.15) is 24.2 Å². The standard InChI is InChI=1S/C15H22N2O4S/c1-6-17(11-12(2)3)15(18)13-7-9-14(10-8-13)22(19,20)16(4)21-5/h7-10H,2,6,11H2,1,3-5H3. The Morgan fingerprint density at radius 1 is 1.27 bits per heavy atom. The third-order valence-electron chi connectivity index (χ3n) is 3.12. The number of amides is 1. The molecule has 0 unspecified atom stereocenters. The van der Waals surface area contributed by atoms with Crippen molar-refractivity contribution >= 4 is 15.9 Å². The molecule has 0 aliphatic heterocycles. The Kier molecular flexibility index (Phi) is 6.28. The Morgan fingerprint density at radius 3 is 2.23 bits per heavy atom. The predicted octanol–water partition coefficient (Wildman–Crippen LogP) is 1.91. The number of likely N-dealkylation sites (N-methyl/N-ethyl adjacent to an activating group) is 1. The van der Waals surface area contributed by atoms with Crippen molar-refractivity contribution in [1.82, 2.24) is 9.37 Å². The van der Waals surface area contributed by atoms with E-state index in [2.05, 4.69) is 6.58 Å². The first-order valence-electron chi connectivity index (χ1n) is 6.80. The normalized spacial score (nSPS) is 11.5. The van der Waals surface area contributed by atoms with Crippen LogP contribution >= 0.6 is 0 Å². The molecule has 0 spiro atoms. The molecule has 1 rings (SSSR count). The van der Waals surface area contributed by atoms with Crippen molar-refractivity contribution in [2.45, 2.75) is 18.7 Å². The Bertz CT molecular complexity index is 638. The Hall–Kier alpha value is -1.70. The Morgan fingerprint density at radius 2 is 1.82 bits per heavy atom. The van der Waals surface area contributed by atoms with Gasteiger partial charge in [-0.2, -0.15) is 0 Å². The maximum absolute atomic E-state index is 12.4. The molecule has 0 N–H and O–H groups in total. The molecule has 0 saturated carbocycles. The molecule has 0 bridgehead atoms. The van der Waals surface area contributed by atoms with Gasteiger partial charge in [0.2, 0.25) is 0 Å². The van der Waals surface area contributed by atoms with E-state index in [4.69, 9.17) is 4.84 Å². The number of rotatable bonds is 7. The fourth-order valence-electron chi connectivity index (χ4n) is 1.85. The topological polar surface area (TPSA) is 66.9 Å². The van der Waals surface area contributed by atoms with E-state index in [-0.39, 0.29) is 10.8 Å². The molecule has 0 fully saturated rings. The summed E-state index contributed by atoms with van der Waals surface area (Å²) in [5, 5.41) is 0. The number of carbonyl (C=O) groups is 1. The van der Waals surface area contributed by atoms with Gasteiger partial charge in [0.05, 0.1) is 12.0 Å². The van der Waals surface area contributed by atoms with Crippen LogP contribution in [0.5, 0.6) is 0 Å². The van der Waals surface area contributed by atoms with Gasteiger partial charge >= 0.3 is 0 Å². The summed E-state index contributed by atoms with van der Waals surface area (Å²) < 4.78 is 24.9. The molecule has 0 heterocycles. The number of hydrogen-bond acceptors (Lipinski definition) is 4. The summed E-state index contributed by atoms with van der Waals surface area (Å²) in [6.07, 6.45) is 0. The summed E-state index contributed by atoms with van der Waals surface area (Å²) in [6, 6.07) is 5.79. The number of sulfonamides is 1. The highest BCUT2D eigenvalue weighted by Crippen LogP contribution is 2.16. The first-order chi connectivity index (χ1) is 10.2. The highest BCUT2D eigenvalue weighted by atomic mass is 32.2. The molecule has 0 aliphatic rings. The molecule has 1 aromatic carbocycles. The Labute approximate surface area is 132 Å². The van der Waals surface area contributed by atoms with E-state index >= 15 is 0 Å². The van der Waals surface area contributed by atoms with Crippen molar-refractivity contribution in [3.8, 4) is 0 Å². The summed E-state index contributed by atoms with van der Waals surface area (Å²) in [5.74, 6) is -0.158. The van der Waals surface area contributed by atoms with E-state index in [1.165, 1.54) is 38.4 Å². The average Bonchev–Trinajstić information content (AvgIpc) is 2.50. The summed E-state index contributed by atoms with van der Waals surface area (Å²) >= 11 is 0. The van der Waals surface area contributed by atoms with E-state index in [0.717, 1.165) is 10.0 Å². The number of hydroxylamine groups is 1. The van der Waals surface area contributed by atoms with Gasteiger partial charge in [-0.15, -0.1) is 0 Å². The second kappa shape index (κ2) is 7.53. The Balaban J connectivity index is 3.02. The number of hydrogen-bond donors (Lipinski definition) is 0. The molecule has 1 amide bonds. The zero-order chi connectivity index (χ0) is 16.9. The van der Waals surface area contributed by atoms with E-state index < -0.39 is 10.0 Å². The molecule has 0 aliphatic carbocycles. The first-order valence-corrected chi connectivity index (χ1v) is 8.24. The molecule has 0 aromatic heterocycles. The van der Waals surface area contributed by atoms with Crippen molar-refractivity contribution in [1.29, 1.82) is 0 Å². The summed E-state index contributed by atoms with van der Waals surface area (Å²) in [4.78, 5) is 18.8. The van der Waals surface area contributed by atoms with Crippen molar-refractivity contribution in [3.05, 3.63) is 42.0 Å². The zero-order valence-corrected chi connectivity index (χ0v) is 14.2. The van der Waals surface area contributed by atoms with Crippen LogP contribution in [0.15, 0.2) is 41.3 Å². The third kappa shape index (κ3) is 4.16. The number of carbonyl (C=O) groups excluding carboxylic acids is 1. The minimum absolute atomic E-state index is 0.0661. The van der Waals surface area contributed by atoms with Gasteiger partial charge in [-0.25, -0.2) is 8.42 Å². The van der Waals surface area contributed by atoms with Crippen molar-refractivity contribution in [2.24, 2.45) is 0 Å². The highest BCUT2D eigenvalue weighted by molar-refractivity contribution is 7.89. The lowest BCUT2D eigenvalue weighted by atomic mass is 10.2. The lowest BCUT2D eigenvalue weighted by Crippen LogP contribution is -2.32. The minimum atomic E-state index is -3.70. The van der Waals surface area contributed by atoms with Gasteiger partial charge in [0, 0.05) is 25.7 Å². The van der Waals surface area contributed by atoms with E-state index in [9.17, 15) is 13.2 Å². The van der Waals surface area contributed by atoms with Crippen LogP contribution in [-0.4, -0.2) is 50.9 Å².